The zero-order valence-corrected chi connectivity index (χ0v) is 11.4. The molecule has 0 bridgehead atoms. The monoisotopic (exact) mass is 249 g/mol. The predicted molar refractivity (Wildman–Crippen MR) is 72.1 cm³/mol. The van der Waals surface area contributed by atoms with Crippen LogP contribution in [0, 0.1) is 5.95 Å². The zero-order valence-electron chi connectivity index (χ0n) is 11.4. The SMILES string of the molecule is Cn1nc(F)c2c(CCNC(C)(C)C)cccc21. The summed E-state index contributed by atoms with van der Waals surface area (Å²) in [6.07, 6.45) is 0.803. The molecule has 4 heteroatoms. The third-order valence-corrected chi connectivity index (χ3v) is 2.97. The van der Waals surface area contributed by atoms with Gasteiger partial charge in [0.05, 0.1) is 10.9 Å². The highest BCUT2D eigenvalue weighted by molar-refractivity contribution is 5.82. The second-order valence-electron chi connectivity index (χ2n) is 5.65. The number of hydrogen-bond donors (Lipinski definition) is 1. The van der Waals surface area contributed by atoms with Crippen molar-refractivity contribution in [2.45, 2.75) is 32.7 Å². The number of nitrogens with zero attached hydrogens (tertiary/aromatic N) is 2. The van der Waals surface area contributed by atoms with Crippen LogP contribution in [0.2, 0.25) is 0 Å². The van der Waals surface area contributed by atoms with E-state index in [1.165, 1.54) is 0 Å². The molecule has 0 aliphatic heterocycles. The van der Waals surface area contributed by atoms with Gasteiger partial charge in [0, 0.05) is 12.6 Å². The maximum Gasteiger partial charge on any atom is 0.240 e. The molecule has 2 rings (SSSR count). The molecule has 2 aromatic rings. The number of benzene rings is 1. The minimum Gasteiger partial charge on any atom is -0.312 e. The van der Waals surface area contributed by atoms with E-state index in [1.807, 2.05) is 18.2 Å². The van der Waals surface area contributed by atoms with Crippen molar-refractivity contribution < 1.29 is 4.39 Å². The Morgan fingerprint density at radius 3 is 2.72 bits per heavy atom. The zero-order chi connectivity index (χ0) is 13.3. The van der Waals surface area contributed by atoms with E-state index in [0.29, 0.717) is 5.39 Å². The third kappa shape index (κ3) is 2.70. The average Bonchev–Trinajstić information content (AvgIpc) is 2.54. The van der Waals surface area contributed by atoms with Crippen molar-refractivity contribution in [3.05, 3.63) is 29.7 Å². The Hall–Kier alpha value is -1.42. The number of rotatable bonds is 3. The first kappa shape index (κ1) is 13.0. The molecule has 18 heavy (non-hydrogen) atoms. The Labute approximate surface area is 107 Å². The van der Waals surface area contributed by atoms with Gasteiger partial charge in [-0.2, -0.15) is 4.39 Å². The summed E-state index contributed by atoms with van der Waals surface area (Å²) in [6.45, 7) is 7.20. The molecule has 1 heterocycles. The fourth-order valence-corrected chi connectivity index (χ4v) is 2.11. The second-order valence-corrected chi connectivity index (χ2v) is 5.65. The van der Waals surface area contributed by atoms with Crippen LogP contribution in [0.25, 0.3) is 10.9 Å². The summed E-state index contributed by atoms with van der Waals surface area (Å²) in [7, 11) is 1.77. The van der Waals surface area contributed by atoms with Gasteiger partial charge < -0.3 is 5.32 Å². The molecule has 1 aromatic carbocycles. The largest absolute Gasteiger partial charge is 0.312 e. The standard InChI is InChI=1S/C14H20FN3/c1-14(2,3)16-9-8-10-6-5-7-11-12(10)13(15)17-18(11)4/h5-7,16H,8-9H2,1-4H3. The van der Waals surface area contributed by atoms with Crippen LogP contribution < -0.4 is 5.32 Å². The van der Waals surface area contributed by atoms with E-state index in [-0.39, 0.29) is 11.5 Å². The molecule has 0 spiro atoms. The highest BCUT2D eigenvalue weighted by atomic mass is 19.1. The summed E-state index contributed by atoms with van der Waals surface area (Å²) in [6, 6.07) is 5.82. The van der Waals surface area contributed by atoms with Crippen molar-refractivity contribution in [2.24, 2.45) is 7.05 Å². The third-order valence-electron chi connectivity index (χ3n) is 2.97. The number of hydrogen-bond acceptors (Lipinski definition) is 2. The number of fused-ring (bicyclic) bond motifs is 1. The van der Waals surface area contributed by atoms with Crippen LogP contribution in [0.5, 0.6) is 0 Å². The van der Waals surface area contributed by atoms with Crippen LogP contribution >= 0.6 is 0 Å². The Morgan fingerprint density at radius 1 is 1.33 bits per heavy atom. The maximum atomic E-state index is 13.8. The van der Waals surface area contributed by atoms with Crippen LogP contribution in [0.3, 0.4) is 0 Å². The van der Waals surface area contributed by atoms with Crippen LogP contribution in [-0.2, 0) is 13.5 Å². The van der Waals surface area contributed by atoms with Gasteiger partial charge in [-0.15, -0.1) is 5.10 Å². The van der Waals surface area contributed by atoms with E-state index in [2.05, 4.69) is 31.2 Å². The molecular formula is C14H20FN3. The molecule has 0 aliphatic carbocycles. The molecule has 0 saturated carbocycles. The van der Waals surface area contributed by atoms with E-state index in [1.54, 1.807) is 11.7 Å². The lowest BCUT2D eigenvalue weighted by Crippen LogP contribution is -2.37. The normalized spacial score (nSPS) is 12.3. The molecule has 1 N–H and O–H groups in total. The fourth-order valence-electron chi connectivity index (χ4n) is 2.11. The molecule has 0 fully saturated rings. The first-order valence-corrected chi connectivity index (χ1v) is 6.23. The smallest absolute Gasteiger partial charge is 0.240 e. The van der Waals surface area contributed by atoms with Crippen LogP contribution in [-0.4, -0.2) is 21.9 Å². The quantitative estimate of drug-likeness (QED) is 0.906. The second kappa shape index (κ2) is 4.69. The van der Waals surface area contributed by atoms with Crippen LogP contribution in [0.15, 0.2) is 18.2 Å². The van der Waals surface area contributed by atoms with E-state index in [4.69, 9.17) is 0 Å². The highest BCUT2D eigenvalue weighted by Gasteiger charge is 2.13. The predicted octanol–water partition coefficient (Wildman–Crippen LogP) is 2.64. The molecule has 98 valence electrons. The molecule has 0 amide bonds. The van der Waals surface area contributed by atoms with Gasteiger partial charge in [0.1, 0.15) is 0 Å². The summed E-state index contributed by atoms with van der Waals surface area (Å²) in [5.41, 5.74) is 1.94. The van der Waals surface area contributed by atoms with Crippen molar-refractivity contribution in [3.63, 3.8) is 0 Å². The topological polar surface area (TPSA) is 29.9 Å². The molecule has 1 aromatic heterocycles. The summed E-state index contributed by atoms with van der Waals surface area (Å²) >= 11 is 0. The van der Waals surface area contributed by atoms with E-state index < -0.39 is 0 Å². The lowest BCUT2D eigenvalue weighted by atomic mass is 10.1. The number of aromatic nitrogens is 2. The maximum absolute atomic E-state index is 13.8. The van der Waals surface area contributed by atoms with E-state index in [0.717, 1.165) is 24.0 Å². The Balaban J connectivity index is 2.23. The first-order valence-electron chi connectivity index (χ1n) is 6.23. The summed E-state index contributed by atoms with van der Waals surface area (Å²) in [5, 5.41) is 7.90. The number of nitrogens with one attached hydrogen (secondary N) is 1. The van der Waals surface area contributed by atoms with Crippen LogP contribution in [0.4, 0.5) is 4.39 Å². The molecule has 0 atom stereocenters. The molecule has 0 radical (unpaired) electrons. The van der Waals surface area contributed by atoms with Gasteiger partial charge >= 0.3 is 0 Å². The summed E-state index contributed by atoms with van der Waals surface area (Å²) in [5.74, 6) is -0.376. The van der Waals surface area contributed by atoms with Gasteiger partial charge in [0.15, 0.2) is 0 Å². The van der Waals surface area contributed by atoms with Gasteiger partial charge in [0.25, 0.3) is 0 Å². The minimum atomic E-state index is -0.376. The van der Waals surface area contributed by atoms with E-state index >= 15 is 0 Å². The molecule has 0 aliphatic rings. The average molecular weight is 249 g/mol. The van der Waals surface area contributed by atoms with Gasteiger partial charge in [-0.3, -0.25) is 4.68 Å². The molecule has 0 unspecified atom stereocenters. The lowest BCUT2D eigenvalue weighted by Gasteiger charge is -2.20. The van der Waals surface area contributed by atoms with Crippen molar-refractivity contribution in [1.82, 2.24) is 15.1 Å². The van der Waals surface area contributed by atoms with Crippen LogP contribution in [0.1, 0.15) is 26.3 Å². The van der Waals surface area contributed by atoms with E-state index in [9.17, 15) is 4.39 Å². The van der Waals surface area contributed by atoms with Crippen molar-refractivity contribution in [1.29, 1.82) is 0 Å². The van der Waals surface area contributed by atoms with Crippen molar-refractivity contribution in [3.8, 4) is 0 Å². The Morgan fingerprint density at radius 2 is 2.06 bits per heavy atom. The highest BCUT2D eigenvalue weighted by Crippen LogP contribution is 2.21. The summed E-state index contributed by atoms with van der Waals surface area (Å²) in [4.78, 5) is 0. The summed E-state index contributed by atoms with van der Waals surface area (Å²) < 4.78 is 15.4. The lowest BCUT2D eigenvalue weighted by molar-refractivity contribution is 0.429. The van der Waals surface area contributed by atoms with Gasteiger partial charge in [0.2, 0.25) is 5.95 Å². The molecular weight excluding hydrogens is 229 g/mol. The van der Waals surface area contributed by atoms with Gasteiger partial charge in [-0.05, 0) is 45.4 Å². The first-order chi connectivity index (χ1) is 8.38. The fraction of sp³-hybridized carbons (Fsp3) is 0.500. The number of halogens is 1. The molecule has 0 saturated heterocycles. The van der Waals surface area contributed by atoms with Gasteiger partial charge in [-0.1, -0.05) is 12.1 Å². The minimum absolute atomic E-state index is 0.0847. The Bertz CT molecular complexity index is 552. The Kier molecular flexibility index (Phi) is 3.39. The van der Waals surface area contributed by atoms with Gasteiger partial charge in [-0.25, -0.2) is 0 Å². The van der Waals surface area contributed by atoms with Crippen molar-refractivity contribution in [2.75, 3.05) is 6.54 Å². The van der Waals surface area contributed by atoms with Crippen molar-refractivity contribution >= 4 is 10.9 Å². The molecule has 3 nitrogen and oxygen atoms in total. The number of aryl methyl sites for hydroxylation is 1.